The van der Waals surface area contributed by atoms with Gasteiger partial charge in [-0.15, -0.1) is 11.3 Å². The predicted molar refractivity (Wildman–Crippen MR) is 110 cm³/mol. The van der Waals surface area contributed by atoms with Crippen molar-refractivity contribution < 1.29 is 4.79 Å². The summed E-state index contributed by atoms with van der Waals surface area (Å²) in [6.45, 7) is 1.77. The van der Waals surface area contributed by atoms with E-state index in [0.717, 1.165) is 16.1 Å². The highest BCUT2D eigenvalue weighted by Crippen LogP contribution is 2.30. The summed E-state index contributed by atoms with van der Waals surface area (Å²) in [7, 11) is 0. The number of hydrogen-bond donors (Lipinski definition) is 1. The summed E-state index contributed by atoms with van der Waals surface area (Å²) in [5.41, 5.74) is 1.59. The molecule has 3 aromatic heterocycles. The first kappa shape index (κ1) is 18.1. The standard InChI is InChI=1S/C21H18N4O2S/c1-14(17-9-5-6-10-22-17)24-19(26)12-25-13-23-20-16(21(25)27)11-18(28-20)15-7-3-2-4-8-15/h2-11,13-14H,12H2,1H3,(H,24,26)/t14-/m1/s1. The average Bonchev–Trinajstić information content (AvgIpc) is 3.17. The largest absolute Gasteiger partial charge is 0.346 e. The molecule has 1 amide bonds. The summed E-state index contributed by atoms with van der Waals surface area (Å²) in [5.74, 6) is -0.264. The number of amides is 1. The molecule has 0 aliphatic carbocycles. The molecule has 0 bridgehead atoms. The quantitative estimate of drug-likeness (QED) is 0.567. The minimum absolute atomic E-state index is 0.0878. The van der Waals surface area contributed by atoms with Crippen molar-refractivity contribution in [2.75, 3.05) is 0 Å². The van der Waals surface area contributed by atoms with Crippen LogP contribution in [0, 0.1) is 0 Å². The number of carbonyl (C=O) groups is 1. The summed E-state index contributed by atoms with van der Waals surface area (Å²) >= 11 is 1.47. The fraction of sp³-hybridized carbons (Fsp3) is 0.143. The number of pyridine rings is 1. The number of thiophene rings is 1. The second-order valence-corrected chi connectivity index (χ2v) is 7.45. The van der Waals surface area contributed by atoms with Gasteiger partial charge in [-0.25, -0.2) is 4.98 Å². The van der Waals surface area contributed by atoms with E-state index in [1.54, 1.807) is 6.20 Å². The van der Waals surface area contributed by atoms with Gasteiger partial charge in [0, 0.05) is 11.1 Å². The summed E-state index contributed by atoms with van der Waals surface area (Å²) in [6, 6.07) is 17.0. The van der Waals surface area contributed by atoms with Gasteiger partial charge in [-0.1, -0.05) is 36.4 Å². The molecule has 3 heterocycles. The lowest BCUT2D eigenvalue weighted by atomic mass is 10.2. The molecular formula is C21H18N4O2S. The van der Waals surface area contributed by atoms with E-state index in [4.69, 9.17) is 0 Å². The van der Waals surface area contributed by atoms with Crippen molar-refractivity contribution in [2.45, 2.75) is 19.5 Å². The van der Waals surface area contributed by atoms with E-state index in [0.29, 0.717) is 10.2 Å². The van der Waals surface area contributed by atoms with Crippen LogP contribution in [0.1, 0.15) is 18.7 Å². The van der Waals surface area contributed by atoms with E-state index in [-0.39, 0.29) is 24.1 Å². The van der Waals surface area contributed by atoms with E-state index in [2.05, 4.69) is 15.3 Å². The van der Waals surface area contributed by atoms with Crippen LogP contribution >= 0.6 is 11.3 Å². The number of nitrogens with zero attached hydrogens (tertiary/aromatic N) is 3. The molecule has 1 aromatic carbocycles. The molecule has 28 heavy (non-hydrogen) atoms. The van der Waals surface area contributed by atoms with Crippen molar-refractivity contribution in [3.8, 4) is 10.4 Å². The number of nitrogens with one attached hydrogen (secondary N) is 1. The molecule has 6 nitrogen and oxygen atoms in total. The summed E-state index contributed by atoms with van der Waals surface area (Å²) in [6.07, 6.45) is 3.11. The van der Waals surface area contributed by atoms with Crippen molar-refractivity contribution in [1.82, 2.24) is 19.9 Å². The third-order valence-electron chi connectivity index (χ3n) is 4.40. The molecule has 4 aromatic rings. The molecule has 0 unspecified atom stereocenters. The number of carbonyl (C=O) groups excluding carboxylic acids is 1. The van der Waals surface area contributed by atoms with Crippen LogP contribution in [-0.2, 0) is 11.3 Å². The molecule has 0 saturated carbocycles. The molecule has 0 saturated heterocycles. The topological polar surface area (TPSA) is 76.9 Å². The lowest BCUT2D eigenvalue weighted by molar-refractivity contribution is -0.122. The zero-order valence-corrected chi connectivity index (χ0v) is 16.0. The highest BCUT2D eigenvalue weighted by molar-refractivity contribution is 7.21. The maximum absolute atomic E-state index is 12.8. The van der Waals surface area contributed by atoms with Crippen LogP contribution in [-0.4, -0.2) is 20.4 Å². The normalized spacial score (nSPS) is 12.0. The van der Waals surface area contributed by atoms with E-state index >= 15 is 0 Å². The van der Waals surface area contributed by atoms with Gasteiger partial charge in [0.15, 0.2) is 0 Å². The van der Waals surface area contributed by atoms with Gasteiger partial charge in [0.2, 0.25) is 5.91 Å². The summed E-state index contributed by atoms with van der Waals surface area (Å²) < 4.78 is 1.34. The summed E-state index contributed by atoms with van der Waals surface area (Å²) in [5, 5.41) is 3.39. The van der Waals surface area contributed by atoms with E-state index in [9.17, 15) is 9.59 Å². The van der Waals surface area contributed by atoms with Crippen LogP contribution in [0.15, 0.2) is 71.9 Å². The first-order valence-electron chi connectivity index (χ1n) is 8.86. The second kappa shape index (κ2) is 7.74. The molecule has 4 rings (SSSR count). The lowest BCUT2D eigenvalue weighted by Crippen LogP contribution is -2.34. The maximum atomic E-state index is 12.8. The molecule has 0 fully saturated rings. The van der Waals surface area contributed by atoms with Crippen LogP contribution < -0.4 is 10.9 Å². The Balaban J connectivity index is 1.55. The number of aromatic nitrogens is 3. The Morgan fingerprint density at radius 1 is 1.14 bits per heavy atom. The molecule has 0 radical (unpaired) electrons. The Bertz CT molecular complexity index is 1170. The Morgan fingerprint density at radius 3 is 2.68 bits per heavy atom. The van der Waals surface area contributed by atoms with Crippen LogP contribution in [0.2, 0.25) is 0 Å². The minimum atomic E-state index is -0.264. The van der Waals surface area contributed by atoms with Crippen LogP contribution in [0.4, 0.5) is 0 Å². The molecule has 1 N–H and O–H groups in total. The fourth-order valence-corrected chi connectivity index (χ4v) is 3.96. The predicted octanol–water partition coefficient (Wildman–Crippen LogP) is 3.40. The first-order valence-corrected chi connectivity index (χ1v) is 9.68. The number of fused-ring (bicyclic) bond motifs is 1. The van der Waals surface area contributed by atoms with Crippen molar-refractivity contribution in [2.24, 2.45) is 0 Å². The molecular weight excluding hydrogens is 372 g/mol. The first-order chi connectivity index (χ1) is 13.6. The van der Waals surface area contributed by atoms with Gasteiger partial charge in [0.05, 0.1) is 23.4 Å². The maximum Gasteiger partial charge on any atom is 0.262 e. The van der Waals surface area contributed by atoms with Gasteiger partial charge in [-0.3, -0.25) is 19.1 Å². The highest BCUT2D eigenvalue weighted by Gasteiger charge is 2.14. The Labute approximate surface area is 165 Å². The van der Waals surface area contributed by atoms with E-state index in [1.807, 2.05) is 61.5 Å². The molecule has 1 atom stereocenters. The number of rotatable bonds is 5. The fourth-order valence-electron chi connectivity index (χ4n) is 2.97. The highest BCUT2D eigenvalue weighted by atomic mass is 32.1. The molecule has 0 aliphatic rings. The molecule has 7 heteroatoms. The van der Waals surface area contributed by atoms with Gasteiger partial charge < -0.3 is 5.32 Å². The smallest absolute Gasteiger partial charge is 0.262 e. The number of hydrogen-bond acceptors (Lipinski definition) is 5. The summed E-state index contributed by atoms with van der Waals surface area (Å²) in [4.78, 5) is 35.4. The van der Waals surface area contributed by atoms with Crippen molar-refractivity contribution >= 4 is 27.5 Å². The third-order valence-corrected chi connectivity index (χ3v) is 5.49. The monoisotopic (exact) mass is 390 g/mol. The molecule has 0 spiro atoms. The van der Waals surface area contributed by atoms with Crippen LogP contribution in [0.5, 0.6) is 0 Å². The SMILES string of the molecule is C[C@@H](NC(=O)Cn1cnc2sc(-c3ccccc3)cc2c1=O)c1ccccn1. The Morgan fingerprint density at radius 2 is 1.93 bits per heavy atom. The van der Waals surface area contributed by atoms with Crippen molar-refractivity contribution in [1.29, 1.82) is 0 Å². The molecule has 0 aliphatic heterocycles. The van der Waals surface area contributed by atoms with Gasteiger partial charge in [0.1, 0.15) is 11.4 Å². The number of benzene rings is 1. The van der Waals surface area contributed by atoms with Crippen LogP contribution in [0.3, 0.4) is 0 Å². The van der Waals surface area contributed by atoms with Gasteiger partial charge in [-0.2, -0.15) is 0 Å². The van der Waals surface area contributed by atoms with Crippen molar-refractivity contribution in [3.05, 3.63) is 83.2 Å². The zero-order valence-electron chi connectivity index (χ0n) is 15.2. The van der Waals surface area contributed by atoms with E-state index in [1.165, 1.54) is 22.2 Å². The minimum Gasteiger partial charge on any atom is -0.346 e. The second-order valence-electron chi connectivity index (χ2n) is 6.42. The van der Waals surface area contributed by atoms with Crippen LogP contribution in [0.25, 0.3) is 20.7 Å². The van der Waals surface area contributed by atoms with Crippen molar-refractivity contribution in [3.63, 3.8) is 0 Å². The Hall–Kier alpha value is -3.32. The van der Waals surface area contributed by atoms with E-state index < -0.39 is 0 Å². The van der Waals surface area contributed by atoms with Gasteiger partial charge in [0.25, 0.3) is 5.56 Å². The zero-order chi connectivity index (χ0) is 19.5. The molecule has 140 valence electrons. The van der Waals surface area contributed by atoms with Gasteiger partial charge in [-0.05, 0) is 30.7 Å². The third kappa shape index (κ3) is 3.70. The Kier molecular flexibility index (Phi) is 4.99. The average molecular weight is 390 g/mol. The lowest BCUT2D eigenvalue weighted by Gasteiger charge is -2.13. The van der Waals surface area contributed by atoms with Gasteiger partial charge >= 0.3 is 0 Å².